The number of aromatic nitrogens is 2. The normalized spacial score (nSPS) is 22.6. The molecule has 1 fully saturated rings. The largest absolute Gasteiger partial charge is 0.444 e. The second-order valence-corrected chi connectivity index (χ2v) is 8.36. The molecule has 6 nitrogen and oxygen atoms in total. The van der Waals surface area contributed by atoms with Crippen LogP contribution in [0.5, 0.6) is 0 Å². The van der Waals surface area contributed by atoms with E-state index in [0.717, 1.165) is 30.5 Å². The van der Waals surface area contributed by atoms with Gasteiger partial charge in [-0.2, -0.15) is 0 Å². The molecule has 5 rings (SSSR count). The van der Waals surface area contributed by atoms with Crippen molar-refractivity contribution in [3.05, 3.63) is 76.7 Å². The fourth-order valence-electron chi connectivity index (χ4n) is 5.19. The number of pyridine rings is 1. The maximum Gasteiger partial charge on any atom is 0.253 e. The number of rotatable bonds is 4. The number of nitrogens with zero attached hydrogens (tertiary/aromatic N) is 3. The van der Waals surface area contributed by atoms with Crippen molar-refractivity contribution < 1.29 is 9.21 Å². The minimum absolute atomic E-state index is 0.0517. The van der Waals surface area contributed by atoms with Crippen LogP contribution in [0.4, 0.5) is 0 Å². The lowest BCUT2D eigenvalue weighted by atomic mass is 9.77. The Morgan fingerprint density at radius 1 is 1.17 bits per heavy atom. The molecule has 2 bridgehead atoms. The first kappa shape index (κ1) is 18.9. The highest BCUT2D eigenvalue weighted by molar-refractivity contribution is 5.94. The number of fused-ring (bicyclic) bond motifs is 4. The highest BCUT2D eigenvalue weighted by Gasteiger charge is 2.41. The number of hydrogen-bond donors (Lipinski definition) is 0. The van der Waals surface area contributed by atoms with E-state index in [-0.39, 0.29) is 23.4 Å². The van der Waals surface area contributed by atoms with Crippen LogP contribution in [0.1, 0.15) is 54.2 Å². The molecule has 154 valence electrons. The molecule has 2 aliphatic heterocycles. The van der Waals surface area contributed by atoms with E-state index in [1.54, 1.807) is 12.3 Å². The van der Waals surface area contributed by atoms with Gasteiger partial charge in [0.2, 0.25) is 0 Å². The Hall–Kier alpha value is -3.15. The summed E-state index contributed by atoms with van der Waals surface area (Å²) >= 11 is 0. The van der Waals surface area contributed by atoms with E-state index in [4.69, 9.17) is 4.42 Å². The fourth-order valence-corrected chi connectivity index (χ4v) is 5.19. The average Bonchev–Trinajstić information content (AvgIpc) is 3.31. The van der Waals surface area contributed by atoms with Crippen LogP contribution >= 0.6 is 0 Å². The first-order valence-corrected chi connectivity index (χ1v) is 10.7. The van der Waals surface area contributed by atoms with Crippen LogP contribution in [-0.4, -0.2) is 33.4 Å². The summed E-state index contributed by atoms with van der Waals surface area (Å²) in [7, 11) is 0. The molecule has 0 radical (unpaired) electrons. The van der Waals surface area contributed by atoms with E-state index < -0.39 is 0 Å². The van der Waals surface area contributed by atoms with Gasteiger partial charge in [0.05, 0.1) is 6.20 Å². The Labute approximate surface area is 175 Å². The summed E-state index contributed by atoms with van der Waals surface area (Å²) in [6.45, 7) is 3.51. The summed E-state index contributed by atoms with van der Waals surface area (Å²) in [4.78, 5) is 31.8. The minimum Gasteiger partial charge on any atom is -0.444 e. The molecule has 0 aliphatic carbocycles. The van der Waals surface area contributed by atoms with E-state index >= 15 is 0 Å². The molecule has 1 amide bonds. The zero-order valence-corrected chi connectivity index (χ0v) is 17.0. The van der Waals surface area contributed by atoms with Gasteiger partial charge in [0.25, 0.3) is 11.5 Å². The molecule has 0 spiro atoms. The number of hydrogen-bond acceptors (Lipinski definition) is 4. The molecule has 1 aromatic carbocycles. The molecule has 6 heteroatoms. The summed E-state index contributed by atoms with van der Waals surface area (Å²) < 4.78 is 7.34. The second kappa shape index (κ2) is 7.59. The first-order valence-electron chi connectivity index (χ1n) is 10.7. The Bertz CT molecular complexity index is 1100. The lowest BCUT2D eigenvalue weighted by molar-refractivity contribution is 0.0519. The summed E-state index contributed by atoms with van der Waals surface area (Å²) in [6, 6.07) is 13.2. The van der Waals surface area contributed by atoms with Crippen LogP contribution in [-0.2, 0) is 0 Å². The van der Waals surface area contributed by atoms with Crippen LogP contribution in [0.25, 0.3) is 11.3 Å². The van der Waals surface area contributed by atoms with E-state index in [0.29, 0.717) is 30.3 Å². The van der Waals surface area contributed by atoms with Crippen molar-refractivity contribution >= 4 is 5.91 Å². The average molecular weight is 403 g/mol. The van der Waals surface area contributed by atoms with E-state index in [9.17, 15) is 9.59 Å². The van der Waals surface area contributed by atoms with Crippen LogP contribution in [0.2, 0.25) is 0 Å². The van der Waals surface area contributed by atoms with Gasteiger partial charge in [-0.05, 0) is 37.0 Å². The molecule has 2 aliphatic rings. The third-order valence-corrected chi connectivity index (χ3v) is 6.52. The van der Waals surface area contributed by atoms with Crippen molar-refractivity contribution in [3.8, 4) is 11.3 Å². The fraction of sp³-hybridized carbons (Fsp3) is 0.375. The predicted octanol–water partition coefficient (Wildman–Crippen LogP) is 4.10. The molecule has 30 heavy (non-hydrogen) atoms. The summed E-state index contributed by atoms with van der Waals surface area (Å²) in [5.74, 6) is 1.26. The molecule has 3 aromatic rings. The van der Waals surface area contributed by atoms with Gasteiger partial charge < -0.3 is 13.9 Å². The van der Waals surface area contributed by atoms with E-state index in [1.807, 2.05) is 39.8 Å². The third-order valence-electron chi connectivity index (χ3n) is 6.52. The first-order chi connectivity index (χ1) is 14.7. The van der Waals surface area contributed by atoms with Crippen molar-refractivity contribution in [1.29, 1.82) is 0 Å². The van der Waals surface area contributed by atoms with Crippen LogP contribution in [0.3, 0.4) is 0 Å². The summed E-state index contributed by atoms with van der Waals surface area (Å²) in [6.07, 6.45) is 6.08. The molecule has 2 aromatic heterocycles. The monoisotopic (exact) mass is 403 g/mol. The highest BCUT2D eigenvalue weighted by Crippen LogP contribution is 2.43. The Balaban J connectivity index is 1.42. The second-order valence-electron chi connectivity index (χ2n) is 8.36. The number of amides is 1. The smallest absolute Gasteiger partial charge is 0.253 e. The van der Waals surface area contributed by atoms with Gasteiger partial charge in [-0.25, -0.2) is 4.98 Å². The quantitative estimate of drug-likeness (QED) is 0.658. The van der Waals surface area contributed by atoms with Crippen molar-refractivity contribution in [2.45, 2.75) is 38.1 Å². The molecule has 0 saturated carbocycles. The van der Waals surface area contributed by atoms with Crippen LogP contribution in [0.15, 0.2) is 64.3 Å². The molecule has 0 N–H and O–H groups in total. The van der Waals surface area contributed by atoms with Gasteiger partial charge in [0.1, 0.15) is 0 Å². The molecule has 0 unspecified atom stereocenters. The van der Waals surface area contributed by atoms with Gasteiger partial charge in [0.15, 0.2) is 12.2 Å². The SMILES string of the molecule is CCC[C@H]1[C@H]2C[C@H](CN(C(=O)c3ccc(-c4cnco4)cc3)C2)c2cccc(=O)n21. The van der Waals surface area contributed by atoms with E-state index in [1.165, 1.54) is 6.39 Å². The van der Waals surface area contributed by atoms with Gasteiger partial charge in [0, 0.05) is 47.9 Å². The highest BCUT2D eigenvalue weighted by atomic mass is 16.3. The lowest BCUT2D eigenvalue weighted by Crippen LogP contribution is -2.51. The number of likely N-dealkylation sites (tertiary alicyclic amines) is 1. The van der Waals surface area contributed by atoms with Crippen molar-refractivity contribution in [1.82, 2.24) is 14.5 Å². The maximum absolute atomic E-state index is 13.3. The van der Waals surface area contributed by atoms with Gasteiger partial charge in [-0.1, -0.05) is 31.5 Å². The Kier molecular flexibility index (Phi) is 4.77. The molecule has 4 heterocycles. The van der Waals surface area contributed by atoms with Crippen LogP contribution in [0, 0.1) is 5.92 Å². The Morgan fingerprint density at radius 2 is 2.00 bits per heavy atom. The van der Waals surface area contributed by atoms with E-state index in [2.05, 4.69) is 18.0 Å². The number of carbonyl (C=O) groups excluding carboxylic acids is 1. The minimum atomic E-state index is 0.0517. The Morgan fingerprint density at radius 3 is 2.73 bits per heavy atom. The van der Waals surface area contributed by atoms with Gasteiger partial charge in [-0.3, -0.25) is 9.59 Å². The molecule has 1 saturated heterocycles. The third kappa shape index (κ3) is 3.16. The van der Waals surface area contributed by atoms with Gasteiger partial charge >= 0.3 is 0 Å². The van der Waals surface area contributed by atoms with Crippen LogP contribution < -0.4 is 5.56 Å². The van der Waals surface area contributed by atoms with Gasteiger partial charge in [-0.15, -0.1) is 0 Å². The standard InChI is InChI=1S/C24H25N3O3/c1-2-4-20-18-11-19(21-5-3-6-23(28)27(20)21)14-26(13-18)24(29)17-9-7-16(8-10-17)22-12-25-15-30-22/h3,5-10,12,15,18-20H,2,4,11,13-14H2,1H3/t18-,19+,20-/m0/s1. The summed E-state index contributed by atoms with van der Waals surface area (Å²) in [5, 5.41) is 0. The maximum atomic E-state index is 13.3. The zero-order chi connectivity index (χ0) is 20.7. The summed E-state index contributed by atoms with van der Waals surface area (Å²) in [5.41, 5.74) is 2.74. The van der Waals surface area contributed by atoms with Crippen molar-refractivity contribution in [2.24, 2.45) is 5.92 Å². The van der Waals surface area contributed by atoms with Crippen molar-refractivity contribution in [2.75, 3.05) is 13.1 Å². The predicted molar refractivity (Wildman–Crippen MR) is 113 cm³/mol. The topological polar surface area (TPSA) is 68.3 Å². The number of piperidine rings is 1. The lowest BCUT2D eigenvalue weighted by Gasteiger charge is -2.47. The molecular weight excluding hydrogens is 378 g/mol. The molecular formula is C24H25N3O3. The molecule has 3 atom stereocenters. The van der Waals surface area contributed by atoms with Crippen molar-refractivity contribution in [3.63, 3.8) is 0 Å². The zero-order valence-electron chi connectivity index (χ0n) is 17.0. The number of carbonyl (C=O) groups is 1. The number of oxazole rings is 1. The number of benzene rings is 1.